The summed E-state index contributed by atoms with van der Waals surface area (Å²) in [5, 5.41) is 15.0. The molecule has 1 heterocycles. The fraction of sp³-hybridized carbons (Fsp3) is 0.250. The molecule has 3 aromatic rings. The number of aromatic nitrogens is 1. The van der Waals surface area contributed by atoms with E-state index in [9.17, 15) is 23.2 Å². The zero-order valence-electron chi connectivity index (χ0n) is 18.0. The molecule has 1 saturated carbocycles. The predicted octanol–water partition coefficient (Wildman–Crippen LogP) is 4.20. The number of alkyl halides is 2. The molecule has 2 aromatic carbocycles. The Morgan fingerprint density at radius 2 is 1.69 bits per heavy atom. The fourth-order valence-corrected chi connectivity index (χ4v) is 5.11. The van der Waals surface area contributed by atoms with Crippen LogP contribution in [0.15, 0.2) is 53.9 Å². The number of anilines is 1. The normalized spacial score (nSPS) is 19.4. The number of thiazole rings is 1. The van der Waals surface area contributed by atoms with Crippen LogP contribution in [-0.4, -0.2) is 47.1 Å². The highest BCUT2D eigenvalue weighted by Gasteiger charge is 2.72. The number of aliphatic carboxylic acids is 1. The molecule has 1 aromatic heterocycles. The van der Waals surface area contributed by atoms with Gasteiger partial charge in [-0.05, 0) is 22.3 Å². The largest absolute Gasteiger partial charge is 0.481 e. The van der Waals surface area contributed by atoms with Crippen molar-refractivity contribution in [2.75, 3.05) is 18.5 Å². The zero-order chi connectivity index (χ0) is 24.7. The number of benzene rings is 2. The first-order chi connectivity index (χ1) is 16.8. The van der Waals surface area contributed by atoms with Gasteiger partial charge in [-0.15, -0.1) is 11.3 Å². The maximum absolute atomic E-state index is 13.5. The minimum atomic E-state index is -3.35. The second-order valence-corrected chi connectivity index (χ2v) is 9.15. The van der Waals surface area contributed by atoms with Crippen LogP contribution in [0.2, 0.25) is 0 Å². The standard InChI is InChI=1S/C24H19F2N3O5S/c25-24(26)17(19(24)21(31)32)9-27-20(30)18-11-35-22(28-18)29-23(33)34-10-16-14-7-3-1-5-12(14)13-6-2-4-8-15(13)16/h1-8,11,16-17,19H,9-10H2,(H,27,30)(H,31,32)(H,28,29,33). The molecule has 2 atom stereocenters. The van der Waals surface area contributed by atoms with Gasteiger partial charge in [-0.3, -0.25) is 14.9 Å². The molecule has 2 aliphatic carbocycles. The van der Waals surface area contributed by atoms with Crippen molar-refractivity contribution < 1.29 is 33.0 Å². The summed E-state index contributed by atoms with van der Waals surface area (Å²) in [6, 6.07) is 15.9. The van der Waals surface area contributed by atoms with Gasteiger partial charge < -0.3 is 15.2 Å². The van der Waals surface area contributed by atoms with E-state index in [-0.39, 0.29) is 23.4 Å². The van der Waals surface area contributed by atoms with Gasteiger partial charge >= 0.3 is 12.1 Å². The summed E-state index contributed by atoms with van der Waals surface area (Å²) in [6.07, 6.45) is -0.741. The zero-order valence-corrected chi connectivity index (χ0v) is 18.9. The third kappa shape index (κ3) is 4.23. The predicted molar refractivity (Wildman–Crippen MR) is 123 cm³/mol. The van der Waals surface area contributed by atoms with Gasteiger partial charge in [-0.2, -0.15) is 0 Å². The second-order valence-electron chi connectivity index (χ2n) is 8.30. The van der Waals surface area contributed by atoms with E-state index in [4.69, 9.17) is 9.84 Å². The fourth-order valence-electron chi connectivity index (χ4n) is 4.43. The lowest BCUT2D eigenvalue weighted by atomic mass is 9.98. The summed E-state index contributed by atoms with van der Waals surface area (Å²) < 4.78 is 32.3. The third-order valence-electron chi connectivity index (χ3n) is 6.24. The van der Waals surface area contributed by atoms with Crippen molar-refractivity contribution in [2.24, 2.45) is 11.8 Å². The highest BCUT2D eigenvalue weighted by molar-refractivity contribution is 7.14. The maximum Gasteiger partial charge on any atom is 0.413 e. The lowest BCUT2D eigenvalue weighted by Crippen LogP contribution is -2.27. The van der Waals surface area contributed by atoms with Crippen molar-refractivity contribution in [3.8, 4) is 11.1 Å². The average Bonchev–Trinajstić information content (AvgIpc) is 3.13. The van der Waals surface area contributed by atoms with Crippen molar-refractivity contribution in [3.63, 3.8) is 0 Å². The van der Waals surface area contributed by atoms with Gasteiger partial charge in [0.25, 0.3) is 11.8 Å². The Bertz CT molecular complexity index is 1280. The van der Waals surface area contributed by atoms with Crippen LogP contribution in [0.1, 0.15) is 27.5 Å². The minimum Gasteiger partial charge on any atom is -0.481 e. The van der Waals surface area contributed by atoms with E-state index in [1.807, 2.05) is 48.5 Å². The summed E-state index contributed by atoms with van der Waals surface area (Å²) in [4.78, 5) is 39.3. The van der Waals surface area contributed by atoms with E-state index in [1.165, 1.54) is 5.38 Å². The van der Waals surface area contributed by atoms with Gasteiger partial charge in [-0.25, -0.2) is 18.6 Å². The molecule has 2 aliphatic rings. The van der Waals surface area contributed by atoms with Gasteiger partial charge in [-0.1, -0.05) is 48.5 Å². The lowest BCUT2D eigenvalue weighted by Gasteiger charge is -2.14. The summed E-state index contributed by atoms with van der Waals surface area (Å²) in [6.45, 7) is -0.381. The topological polar surface area (TPSA) is 118 Å². The SMILES string of the molecule is O=C(Nc1nc(C(=O)NCC2C(C(=O)O)C2(F)F)cs1)OCC1c2ccccc2-c2ccccc21. The Hall–Kier alpha value is -3.86. The molecule has 1 fully saturated rings. The second kappa shape index (κ2) is 8.73. The third-order valence-corrected chi connectivity index (χ3v) is 7.00. The van der Waals surface area contributed by atoms with E-state index in [2.05, 4.69) is 15.6 Å². The molecule has 0 saturated heterocycles. The Kier molecular flexibility index (Phi) is 5.72. The van der Waals surface area contributed by atoms with Crippen LogP contribution in [0.5, 0.6) is 0 Å². The molecule has 2 unspecified atom stereocenters. The lowest BCUT2D eigenvalue weighted by molar-refractivity contribution is -0.140. The number of halogens is 2. The number of hydrogen-bond acceptors (Lipinski definition) is 6. The van der Waals surface area contributed by atoms with Gasteiger partial charge in [0, 0.05) is 17.8 Å². The Labute approximate surface area is 202 Å². The van der Waals surface area contributed by atoms with Gasteiger partial charge in [0.1, 0.15) is 18.2 Å². The minimum absolute atomic E-state index is 0.0835. The summed E-state index contributed by atoms with van der Waals surface area (Å²) >= 11 is 0.970. The maximum atomic E-state index is 13.5. The number of hydrogen-bond donors (Lipinski definition) is 3. The molecular weight excluding hydrogens is 480 g/mol. The molecule has 11 heteroatoms. The molecule has 3 N–H and O–H groups in total. The summed E-state index contributed by atoms with van der Waals surface area (Å²) in [5.41, 5.74) is 4.26. The first-order valence-electron chi connectivity index (χ1n) is 10.7. The molecule has 35 heavy (non-hydrogen) atoms. The molecular formula is C24H19F2N3O5S. The number of amides is 2. The molecule has 5 rings (SSSR count). The molecule has 0 radical (unpaired) electrons. The monoisotopic (exact) mass is 499 g/mol. The van der Waals surface area contributed by atoms with Crippen molar-refractivity contribution in [3.05, 3.63) is 70.7 Å². The molecule has 0 aliphatic heterocycles. The number of carbonyl (C=O) groups is 3. The number of carbonyl (C=O) groups excluding carboxylic acids is 2. The van der Waals surface area contributed by atoms with Crippen molar-refractivity contribution in [1.82, 2.24) is 10.3 Å². The Morgan fingerprint density at radius 1 is 1.06 bits per heavy atom. The quantitative estimate of drug-likeness (QED) is 0.449. The molecule has 2 amide bonds. The highest BCUT2D eigenvalue weighted by Crippen LogP contribution is 2.54. The van der Waals surface area contributed by atoms with Crippen LogP contribution >= 0.6 is 11.3 Å². The van der Waals surface area contributed by atoms with Gasteiger partial charge in [0.2, 0.25) is 0 Å². The Morgan fingerprint density at radius 3 is 2.29 bits per heavy atom. The van der Waals surface area contributed by atoms with Crippen LogP contribution in [-0.2, 0) is 9.53 Å². The highest BCUT2D eigenvalue weighted by atomic mass is 32.1. The average molecular weight is 499 g/mol. The van der Waals surface area contributed by atoms with Gasteiger partial charge in [0.05, 0.1) is 5.92 Å². The van der Waals surface area contributed by atoms with E-state index in [0.717, 1.165) is 33.6 Å². The van der Waals surface area contributed by atoms with Crippen LogP contribution in [0, 0.1) is 11.8 Å². The number of carboxylic acids is 1. The van der Waals surface area contributed by atoms with Crippen LogP contribution < -0.4 is 10.6 Å². The van der Waals surface area contributed by atoms with E-state index in [0.29, 0.717) is 0 Å². The summed E-state index contributed by atoms with van der Waals surface area (Å²) in [7, 11) is 0. The number of nitrogens with one attached hydrogen (secondary N) is 2. The summed E-state index contributed by atoms with van der Waals surface area (Å²) in [5.74, 6) is -9.06. The van der Waals surface area contributed by atoms with E-state index < -0.39 is 42.3 Å². The van der Waals surface area contributed by atoms with E-state index in [1.54, 1.807) is 0 Å². The number of carboxylic acid groups (broad SMARTS) is 1. The van der Waals surface area contributed by atoms with Crippen LogP contribution in [0.3, 0.4) is 0 Å². The van der Waals surface area contributed by atoms with Crippen molar-refractivity contribution in [2.45, 2.75) is 11.8 Å². The Balaban J connectivity index is 1.15. The molecule has 180 valence electrons. The molecule has 0 bridgehead atoms. The smallest absolute Gasteiger partial charge is 0.413 e. The molecule has 8 nitrogen and oxygen atoms in total. The first-order valence-corrected chi connectivity index (χ1v) is 11.6. The number of fused-ring (bicyclic) bond motifs is 3. The van der Waals surface area contributed by atoms with E-state index >= 15 is 0 Å². The van der Waals surface area contributed by atoms with Crippen LogP contribution in [0.4, 0.5) is 18.7 Å². The van der Waals surface area contributed by atoms with Crippen molar-refractivity contribution >= 4 is 34.4 Å². The number of rotatable bonds is 7. The first kappa shape index (κ1) is 22.9. The number of nitrogens with zero attached hydrogens (tertiary/aromatic N) is 1. The molecule has 0 spiro atoms. The van der Waals surface area contributed by atoms with Crippen molar-refractivity contribution in [1.29, 1.82) is 0 Å². The van der Waals surface area contributed by atoms with Gasteiger partial charge in [0.15, 0.2) is 5.13 Å². The number of ether oxygens (including phenoxy) is 1. The van der Waals surface area contributed by atoms with Crippen LogP contribution in [0.25, 0.3) is 11.1 Å².